The van der Waals surface area contributed by atoms with E-state index >= 15 is 0 Å². The van der Waals surface area contributed by atoms with Crippen LogP contribution in [-0.4, -0.2) is 50.2 Å². The molecule has 0 aromatic heterocycles. The van der Waals surface area contributed by atoms with Crippen molar-refractivity contribution in [3.8, 4) is 0 Å². The van der Waals surface area contributed by atoms with Crippen LogP contribution in [-0.2, 0) is 9.53 Å². The maximum atomic E-state index is 12.3. The molecule has 0 radical (unpaired) electrons. The summed E-state index contributed by atoms with van der Waals surface area (Å²) in [4.78, 5) is 26.0. The average molecular weight is 305 g/mol. The van der Waals surface area contributed by atoms with E-state index in [2.05, 4.69) is 10.6 Å². The summed E-state index contributed by atoms with van der Waals surface area (Å²) in [6.07, 6.45) is 1.65. The van der Waals surface area contributed by atoms with Crippen LogP contribution in [0.5, 0.6) is 0 Å². The molecule has 0 bridgehead atoms. The summed E-state index contributed by atoms with van der Waals surface area (Å²) < 4.78 is 4.92. The van der Waals surface area contributed by atoms with Gasteiger partial charge in [0.05, 0.1) is 12.5 Å². The number of urea groups is 1. The Morgan fingerprint density at radius 2 is 2.09 bits per heavy atom. The topological polar surface area (TPSA) is 70.7 Å². The van der Waals surface area contributed by atoms with Crippen molar-refractivity contribution in [3.63, 3.8) is 0 Å². The molecule has 22 heavy (non-hydrogen) atoms. The molecule has 1 aliphatic heterocycles. The molecule has 0 spiro atoms. The van der Waals surface area contributed by atoms with Crippen LogP contribution in [0.4, 0.5) is 10.5 Å². The van der Waals surface area contributed by atoms with E-state index in [1.165, 1.54) is 0 Å². The molecule has 2 rings (SSSR count). The summed E-state index contributed by atoms with van der Waals surface area (Å²) in [5, 5.41) is 5.70. The number of carbonyl (C=O) groups excluding carboxylic acids is 2. The number of benzene rings is 1. The van der Waals surface area contributed by atoms with E-state index in [4.69, 9.17) is 4.74 Å². The molecule has 0 aliphatic carbocycles. The van der Waals surface area contributed by atoms with Gasteiger partial charge in [0, 0.05) is 32.4 Å². The first-order valence-corrected chi connectivity index (χ1v) is 7.58. The molecule has 1 fully saturated rings. The lowest BCUT2D eigenvalue weighted by molar-refractivity contribution is -0.126. The number of piperidine rings is 1. The van der Waals surface area contributed by atoms with Gasteiger partial charge in [0.25, 0.3) is 0 Å². The van der Waals surface area contributed by atoms with Crippen LogP contribution in [0, 0.1) is 5.92 Å². The predicted octanol–water partition coefficient (Wildman–Crippen LogP) is 1.69. The van der Waals surface area contributed by atoms with Crippen LogP contribution in [0.3, 0.4) is 0 Å². The molecule has 3 amide bonds. The van der Waals surface area contributed by atoms with Gasteiger partial charge in [-0.15, -0.1) is 0 Å². The SMILES string of the molecule is COCCNC(=O)C1CCCN(C(=O)Nc2ccccc2)C1. The summed E-state index contributed by atoms with van der Waals surface area (Å²) in [5.41, 5.74) is 0.763. The predicted molar refractivity (Wildman–Crippen MR) is 84.6 cm³/mol. The molecule has 6 heteroatoms. The second-order valence-electron chi connectivity index (χ2n) is 5.37. The van der Waals surface area contributed by atoms with Crippen molar-refractivity contribution in [1.82, 2.24) is 10.2 Å². The smallest absolute Gasteiger partial charge is 0.321 e. The van der Waals surface area contributed by atoms with Crippen LogP contribution in [0.25, 0.3) is 0 Å². The van der Waals surface area contributed by atoms with Gasteiger partial charge in [-0.3, -0.25) is 4.79 Å². The number of ether oxygens (including phenoxy) is 1. The van der Waals surface area contributed by atoms with E-state index in [9.17, 15) is 9.59 Å². The van der Waals surface area contributed by atoms with E-state index in [0.717, 1.165) is 18.5 Å². The number of anilines is 1. The summed E-state index contributed by atoms with van der Waals surface area (Å²) in [6, 6.07) is 9.18. The summed E-state index contributed by atoms with van der Waals surface area (Å²) >= 11 is 0. The summed E-state index contributed by atoms with van der Waals surface area (Å²) in [6.45, 7) is 2.14. The lowest BCUT2D eigenvalue weighted by Crippen LogP contribution is -2.47. The highest BCUT2D eigenvalue weighted by atomic mass is 16.5. The third kappa shape index (κ3) is 4.73. The minimum Gasteiger partial charge on any atom is -0.383 e. The van der Waals surface area contributed by atoms with Gasteiger partial charge in [0.15, 0.2) is 0 Å². The number of rotatable bonds is 5. The van der Waals surface area contributed by atoms with Gasteiger partial charge in [-0.05, 0) is 25.0 Å². The molecule has 1 unspecified atom stereocenters. The minimum atomic E-state index is -0.152. The monoisotopic (exact) mass is 305 g/mol. The van der Waals surface area contributed by atoms with Crippen molar-refractivity contribution >= 4 is 17.6 Å². The quantitative estimate of drug-likeness (QED) is 0.813. The van der Waals surface area contributed by atoms with Crippen LogP contribution in [0.2, 0.25) is 0 Å². The van der Waals surface area contributed by atoms with Crippen molar-refractivity contribution in [1.29, 1.82) is 0 Å². The van der Waals surface area contributed by atoms with Gasteiger partial charge in [-0.2, -0.15) is 0 Å². The molecular formula is C16H23N3O3. The van der Waals surface area contributed by atoms with Crippen molar-refractivity contribution in [2.75, 3.05) is 38.7 Å². The second-order valence-corrected chi connectivity index (χ2v) is 5.37. The molecule has 1 aromatic rings. The molecule has 0 saturated carbocycles. The van der Waals surface area contributed by atoms with E-state index in [1.54, 1.807) is 12.0 Å². The fourth-order valence-corrected chi connectivity index (χ4v) is 2.52. The molecule has 120 valence electrons. The Morgan fingerprint density at radius 1 is 1.32 bits per heavy atom. The minimum absolute atomic E-state index is 0.00531. The first-order valence-electron chi connectivity index (χ1n) is 7.58. The van der Waals surface area contributed by atoms with E-state index in [0.29, 0.717) is 26.2 Å². The number of para-hydroxylation sites is 1. The average Bonchev–Trinajstić information content (AvgIpc) is 2.56. The molecule has 1 aliphatic rings. The van der Waals surface area contributed by atoms with Crippen molar-refractivity contribution in [3.05, 3.63) is 30.3 Å². The number of amides is 3. The second kappa shape index (κ2) is 8.38. The third-order valence-electron chi connectivity index (χ3n) is 3.71. The molecule has 6 nitrogen and oxygen atoms in total. The largest absolute Gasteiger partial charge is 0.383 e. The maximum absolute atomic E-state index is 12.3. The number of methoxy groups -OCH3 is 1. The van der Waals surface area contributed by atoms with Crippen molar-refractivity contribution in [2.45, 2.75) is 12.8 Å². The van der Waals surface area contributed by atoms with E-state index in [-0.39, 0.29) is 17.9 Å². The van der Waals surface area contributed by atoms with Gasteiger partial charge in [0.1, 0.15) is 0 Å². The maximum Gasteiger partial charge on any atom is 0.321 e. The lowest BCUT2D eigenvalue weighted by Gasteiger charge is -2.32. The Bertz CT molecular complexity index is 493. The Labute approximate surface area is 130 Å². The third-order valence-corrected chi connectivity index (χ3v) is 3.71. The fraction of sp³-hybridized carbons (Fsp3) is 0.500. The van der Waals surface area contributed by atoms with Crippen molar-refractivity contribution in [2.24, 2.45) is 5.92 Å². The highest BCUT2D eigenvalue weighted by Crippen LogP contribution is 2.18. The fourth-order valence-electron chi connectivity index (χ4n) is 2.52. The van der Waals surface area contributed by atoms with Gasteiger partial charge >= 0.3 is 6.03 Å². The molecule has 1 saturated heterocycles. The zero-order valence-corrected chi connectivity index (χ0v) is 12.9. The molecule has 2 N–H and O–H groups in total. The lowest BCUT2D eigenvalue weighted by atomic mass is 9.97. The van der Waals surface area contributed by atoms with Gasteiger partial charge in [-0.1, -0.05) is 18.2 Å². The molecule has 1 atom stereocenters. The van der Waals surface area contributed by atoms with Crippen LogP contribution in [0.1, 0.15) is 12.8 Å². The van der Waals surface area contributed by atoms with Crippen LogP contribution >= 0.6 is 0 Å². The Kier molecular flexibility index (Phi) is 6.21. The first kappa shape index (κ1) is 16.3. The summed E-state index contributed by atoms with van der Waals surface area (Å²) in [7, 11) is 1.60. The Morgan fingerprint density at radius 3 is 2.82 bits per heavy atom. The first-order chi connectivity index (χ1) is 10.7. The number of hydrogen-bond acceptors (Lipinski definition) is 3. The number of hydrogen-bond donors (Lipinski definition) is 2. The highest BCUT2D eigenvalue weighted by Gasteiger charge is 2.28. The number of nitrogens with one attached hydrogen (secondary N) is 2. The zero-order chi connectivity index (χ0) is 15.8. The molecule has 1 heterocycles. The van der Waals surface area contributed by atoms with Gasteiger partial charge < -0.3 is 20.3 Å². The normalized spacial score (nSPS) is 17.9. The van der Waals surface area contributed by atoms with Crippen LogP contribution in [0.15, 0.2) is 30.3 Å². The standard InChI is InChI=1S/C16H23N3O3/c1-22-11-9-17-15(20)13-6-5-10-19(12-13)16(21)18-14-7-3-2-4-8-14/h2-4,7-8,13H,5-6,9-12H2,1H3,(H,17,20)(H,18,21). The van der Waals surface area contributed by atoms with Crippen LogP contribution < -0.4 is 10.6 Å². The molecule has 1 aromatic carbocycles. The number of carbonyl (C=O) groups is 2. The Hall–Kier alpha value is -2.08. The molecular weight excluding hydrogens is 282 g/mol. The van der Waals surface area contributed by atoms with Gasteiger partial charge in [-0.25, -0.2) is 4.79 Å². The zero-order valence-electron chi connectivity index (χ0n) is 12.9. The Balaban J connectivity index is 1.84. The number of likely N-dealkylation sites (tertiary alicyclic amines) is 1. The number of nitrogens with zero attached hydrogens (tertiary/aromatic N) is 1. The van der Waals surface area contributed by atoms with Gasteiger partial charge in [0.2, 0.25) is 5.91 Å². The highest BCUT2D eigenvalue weighted by molar-refractivity contribution is 5.90. The van der Waals surface area contributed by atoms with E-state index < -0.39 is 0 Å². The van der Waals surface area contributed by atoms with E-state index in [1.807, 2.05) is 30.3 Å². The van der Waals surface area contributed by atoms with Crippen molar-refractivity contribution < 1.29 is 14.3 Å². The summed E-state index contributed by atoms with van der Waals surface area (Å²) in [5.74, 6) is -0.151.